The van der Waals surface area contributed by atoms with E-state index in [0.29, 0.717) is 18.1 Å². The maximum atomic E-state index is 11.5. The van der Waals surface area contributed by atoms with E-state index in [1.54, 1.807) is 0 Å². The molecule has 5 nitrogen and oxygen atoms in total. The van der Waals surface area contributed by atoms with Crippen LogP contribution in [0.25, 0.3) is 11.3 Å². The maximum absolute atomic E-state index is 11.5. The number of rotatable bonds is 5. The summed E-state index contributed by atoms with van der Waals surface area (Å²) in [5, 5.41) is 3.12. The van der Waals surface area contributed by atoms with E-state index in [-0.39, 0.29) is 11.6 Å². The van der Waals surface area contributed by atoms with Crippen LogP contribution in [0.2, 0.25) is 0 Å². The predicted octanol–water partition coefficient (Wildman–Crippen LogP) is 2.88. The summed E-state index contributed by atoms with van der Waals surface area (Å²) in [6, 6.07) is 9.58. The highest BCUT2D eigenvalue weighted by atomic mass is 79.9. The maximum Gasteiger partial charge on any atom is 0.154 e. The van der Waals surface area contributed by atoms with Gasteiger partial charge in [0, 0.05) is 18.4 Å². The number of anilines is 1. The highest BCUT2D eigenvalue weighted by Gasteiger charge is 2.16. The Hall–Kier alpha value is -1.47. The van der Waals surface area contributed by atoms with Gasteiger partial charge in [0.2, 0.25) is 0 Å². The van der Waals surface area contributed by atoms with Crippen LogP contribution in [0.5, 0.6) is 0 Å². The summed E-state index contributed by atoms with van der Waals surface area (Å²) >= 11 is 3.50. The molecule has 0 aliphatic rings. The van der Waals surface area contributed by atoms with Crippen molar-refractivity contribution in [2.75, 3.05) is 18.1 Å². The molecule has 0 unspecified atom stereocenters. The van der Waals surface area contributed by atoms with Crippen molar-refractivity contribution in [1.29, 1.82) is 0 Å². The van der Waals surface area contributed by atoms with E-state index < -0.39 is 9.84 Å². The second-order valence-electron chi connectivity index (χ2n) is 4.62. The van der Waals surface area contributed by atoms with Crippen LogP contribution in [0.15, 0.2) is 34.8 Å². The van der Waals surface area contributed by atoms with Crippen LogP contribution < -0.4 is 5.32 Å². The van der Waals surface area contributed by atoms with Crippen LogP contribution >= 0.6 is 15.9 Å². The third kappa shape index (κ3) is 4.25. The van der Waals surface area contributed by atoms with Crippen molar-refractivity contribution in [2.24, 2.45) is 0 Å². The van der Waals surface area contributed by atoms with Gasteiger partial charge in [0.15, 0.2) is 9.84 Å². The largest absolute Gasteiger partial charge is 0.369 e. The third-order valence-electron chi connectivity index (χ3n) is 2.68. The number of nitrogens with zero attached hydrogens (tertiary/aromatic N) is 2. The van der Waals surface area contributed by atoms with Gasteiger partial charge in [-0.15, -0.1) is 0 Å². The molecular weight excluding hydrogens is 354 g/mol. The van der Waals surface area contributed by atoms with E-state index in [9.17, 15) is 8.42 Å². The molecule has 1 aromatic carbocycles. The number of aromatic nitrogens is 2. The Balaban J connectivity index is 2.57. The quantitative estimate of drug-likeness (QED) is 0.876. The second kappa shape index (κ2) is 6.53. The summed E-state index contributed by atoms with van der Waals surface area (Å²) in [5.41, 5.74) is 1.58. The van der Waals surface area contributed by atoms with E-state index in [4.69, 9.17) is 0 Å². The molecular formula is C14H16BrN3O2S. The first-order valence-corrected chi connectivity index (χ1v) is 9.29. The SMILES string of the molecule is CCNc1nc(CS(C)(=O)=O)nc(-c2ccccc2)c1Br. The van der Waals surface area contributed by atoms with Crippen molar-refractivity contribution in [3.05, 3.63) is 40.6 Å². The van der Waals surface area contributed by atoms with Crippen molar-refractivity contribution in [3.8, 4) is 11.3 Å². The Morgan fingerprint density at radius 2 is 1.86 bits per heavy atom. The van der Waals surface area contributed by atoms with Crippen LogP contribution in [0, 0.1) is 0 Å². The molecule has 112 valence electrons. The van der Waals surface area contributed by atoms with Gasteiger partial charge >= 0.3 is 0 Å². The van der Waals surface area contributed by atoms with Crippen molar-refractivity contribution in [2.45, 2.75) is 12.7 Å². The molecule has 0 radical (unpaired) electrons. The van der Waals surface area contributed by atoms with Crippen LogP contribution in [-0.2, 0) is 15.6 Å². The van der Waals surface area contributed by atoms with Gasteiger partial charge in [-0.1, -0.05) is 30.3 Å². The van der Waals surface area contributed by atoms with E-state index in [1.807, 2.05) is 37.3 Å². The molecule has 2 aromatic rings. The lowest BCUT2D eigenvalue weighted by molar-refractivity contribution is 0.599. The number of hydrogen-bond acceptors (Lipinski definition) is 5. The van der Waals surface area contributed by atoms with E-state index in [1.165, 1.54) is 6.26 Å². The highest BCUT2D eigenvalue weighted by molar-refractivity contribution is 9.10. The molecule has 0 atom stereocenters. The highest BCUT2D eigenvalue weighted by Crippen LogP contribution is 2.31. The molecule has 1 aromatic heterocycles. The molecule has 0 saturated heterocycles. The lowest BCUT2D eigenvalue weighted by Gasteiger charge is -2.12. The first-order chi connectivity index (χ1) is 9.90. The molecule has 0 saturated carbocycles. The summed E-state index contributed by atoms with van der Waals surface area (Å²) in [4.78, 5) is 8.68. The van der Waals surface area contributed by atoms with Crippen LogP contribution in [0.3, 0.4) is 0 Å². The minimum absolute atomic E-state index is 0.182. The minimum atomic E-state index is -3.19. The first-order valence-electron chi connectivity index (χ1n) is 6.44. The molecule has 0 amide bonds. The molecule has 0 aliphatic carbocycles. The summed E-state index contributed by atoms with van der Waals surface area (Å²) < 4.78 is 23.7. The van der Waals surface area contributed by atoms with Gasteiger partial charge in [-0.3, -0.25) is 0 Å². The Bertz CT molecular complexity index is 733. The molecule has 21 heavy (non-hydrogen) atoms. The Morgan fingerprint density at radius 1 is 1.19 bits per heavy atom. The van der Waals surface area contributed by atoms with E-state index in [2.05, 4.69) is 31.2 Å². The third-order valence-corrected chi connectivity index (χ3v) is 4.21. The lowest BCUT2D eigenvalue weighted by atomic mass is 10.1. The molecule has 0 fully saturated rings. The van der Waals surface area contributed by atoms with E-state index >= 15 is 0 Å². The fourth-order valence-electron chi connectivity index (χ4n) is 1.86. The fourth-order valence-corrected chi connectivity index (χ4v) is 3.01. The van der Waals surface area contributed by atoms with Crippen molar-refractivity contribution in [3.63, 3.8) is 0 Å². The normalized spacial score (nSPS) is 11.4. The number of halogens is 1. The van der Waals surface area contributed by atoms with Gasteiger partial charge in [-0.05, 0) is 22.9 Å². The van der Waals surface area contributed by atoms with Crippen LogP contribution in [-0.4, -0.2) is 31.2 Å². The Morgan fingerprint density at radius 3 is 2.43 bits per heavy atom. The zero-order valence-corrected chi connectivity index (χ0v) is 14.2. The van der Waals surface area contributed by atoms with Crippen LogP contribution in [0.1, 0.15) is 12.7 Å². The van der Waals surface area contributed by atoms with E-state index in [0.717, 1.165) is 10.0 Å². The molecule has 2 rings (SSSR count). The monoisotopic (exact) mass is 369 g/mol. The van der Waals surface area contributed by atoms with Gasteiger partial charge in [0.05, 0.1) is 10.2 Å². The van der Waals surface area contributed by atoms with Gasteiger partial charge < -0.3 is 5.32 Å². The zero-order chi connectivity index (χ0) is 15.5. The number of sulfone groups is 1. The van der Waals surface area contributed by atoms with Crippen LogP contribution in [0.4, 0.5) is 5.82 Å². The molecule has 0 spiro atoms. The average Bonchev–Trinajstić information content (AvgIpc) is 2.42. The van der Waals surface area contributed by atoms with Gasteiger partial charge in [-0.25, -0.2) is 18.4 Å². The first kappa shape index (κ1) is 15.9. The number of nitrogens with one attached hydrogen (secondary N) is 1. The lowest BCUT2D eigenvalue weighted by Crippen LogP contribution is -2.10. The van der Waals surface area contributed by atoms with Gasteiger partial charge in [-0.2, -0.15) is 0 Å². The molecule has 1 heterocycles. The molecule has 7 heteroatoms. The smallest absolute Gasteiger partial charge is 0.154 e. The van der Waals surface area contributed by atoms with Crippen molar-refractivity contribution >= 4 is 31.6 Å². The minimum Gasteiger partial charge on any atom is -0.369 e. The van der Waals surface area contributed by atoms with Gasteiger partial charge in [0.1, 0.15) is 17.4 Å². The summed E-state index contributed by atoms with van der Waals surface area (Å²) in [6.45, 7) is 2.63. The zero-order valence-electron chi connectivity index (χ0n) is 11.8. The predicted molar refractivity (Wildman–Crippen MR) is 87.9 cm³/mol. The molecule has 0 aliphatic heterocycles. The van der Waals surface area contributed by atoms with Gasteiger partial charge in [0.25, 0.3) is 0 Å². The standard InChI is InChI=1S/C14H16BrN3O2S/c1-3-16-14-12(15)13(10-7-5-4-6-8-10)17-11(18-14)9-21(2,19)20/h4-8H,3,9H2,1-2H3,(H,16,17,18). The van der Waals surface area contributed by atoms with Crippen molar-refractivity contribution in [1.82, 2.24) is 9.97 Å². The fraction of sp³-hybridized carbons (Fsp3) is 0.286. The summed E-state index contributed by atoms with van der Waals surface area (Å²) in [6.07, 6.45) is 1.17. The Labute approximate surface area is 132 Å². The molecule has 0 bridgehead atoms. The second-order valence-corrected chi connectivity index (χ2v) is 7.55. The number of hydrogen-bond donors (Lipinski definition) is 1. The average molecular weight is 370 g/mol. The topological polar surface area (TPSA) is 72.0 Å². The summed E-state index contributed by atoms with van der Waals surface area (Å²) in [5.74, 6) is 0.707. The summed E-state index contributed by atoms with van der Waals surface area (Å²) in [7, 11) is -3.19. The number of benzene rings is 1. The Kier molecular flexibility index (Phi) is 4.95. The van der Waals surface area contributed by atoms with Crippen molar-refractivity contribution < 1.29 is 8.42 Å². The molecule has 1 N–H and O–H groups in total.